The van der Waals surface area contributed by atoms with Crippen LogP contribution < -0.4 is 9.47 Å². The summed E-state index contributed by atoms with van der Waals surface area (Å²) in [6.45, 7) is 0. The first-order chi connectivity index (χ1) is 13.2. The molecule has 0 aromatic heterocycles. The van der Waals surface area contributed by atoms with Crippen molar-refractivity contribution in [3.8, 4) is 11.5 Å². The van der Waals surface area contributed by atoms with E-state index in [9.17, 15) is 4.79 Å². The van der Waals surface area contributed by atoms with Gasteiger partial charge in [-0.1, -0.05) is 54.6 Å². The van der Waals surface area contributed by atoms with Crippen molar-refractivity contribution in [2.75, 3.05) is 7.11 Å². The van der Waals surface area contributed by atoms with E-state index in [1.807, 2.05) is 72.8 Å². The second-order valence-electron chi connectivity index (χ2n) is 6.80. The lowest BCUT2D eigenvalue weighted by molar-refractivity contribution is 0.0523. The zero-order chi connectivity index (χ0) is 18.4. The highest BCUT2D eigenvalue weighted by atomic mass is 16.6. The van der Waals surface area contributed by atoms with E-state index in [1.54, 1.807) is 13.2 Å². The molecule has 0 N–H and O–H groups in total. The SMILES string of the molecule is COc1ccc(C2O[C@@]23C(=O)c2ccccc2O[C@@H]3c2ccccc2)cc1. The largest absolute Gasteiger partial charge is 0.497 e. The predicted octanol–water partition coefficient (Wildman–Crippen LogP) is 4.52. The number of carbonyl (C=O) groups is 1. The molecule has 1 fully saturated rings. The molecule has 134 valence electrons. The van der Waals surface area contributed by atoms with Crippen LogP contribution in [0.1, 0.15) is 33.7 Å². The van der Waals surface area contributed by atoms with Crippen molar-refractivity contribution < 1.29 is 19.0 Å². The van der Waals surface area contributed by atoms with Gasteiger partial charge in [0.05, 0.1) is 12.7 Å². The summed E-state index contributed by atoms with van der Waals surface area (Å²) in [6, 6.07) is 24.8. The lowest BCUT2D eigenvalue weighted by Crippen LogP contribution is -2.40. The van der Waals surface area contributed by atoms with Gasteiger partial charge in [-0.15, -0.1) is 0 Å². The van der Waals surface area contributed by atoms with Crippen LogP contribution >= 0.6 is 0 Å². The summed E-state index contributed by atoms with van der Waals surface area (Å²) in [4.78, 5) is 13.5. The Labute approximate surface area is 157 Å². The number of benzene rings is 3. The molecule has 3 aromatic rings. The fourth-order valence-corrected chi connectivity index (χ4v) is 3.87. The Morgan fingerprint density at radius 1 is 0.815 bits per heavy atom. The van der Waals surface area contributed by atoms with Gasteiger partial charge >= 0.3 is 0 Å². The van der Waals surface area contributed by atoms with Gasteiger partial charge in [0, 0.05) is 0 Å². The van der Waals surface area contributed by atoms with Crippen LogP contribution in [0.2, 0.25) is 0 Å². The maximum atomic E-state index is 13.5. The van der Waals surface area contributed by atoms with Crippen LogP contribution in [0.15, 0.2) is 78.9 Å². The molecule has 0 aliphatic carbocycles. The Morgan fingerprint density at radius 3 is 2.22 bits per heavy atom. The summed E-state index contributed by atoms with van der Waals surface area (Å²) in [5.41, 5.74) is 1.40. The van der Waals surface area contributed by atoms with Crippen LogP contribution in [-0.4, -0.2) is 18.5 Å². The fourth-order valence-electron chi connectivity index (χ4n) is 3.87. The van der Waals surface area contributed by atoms with Gasteiger partial charge in [-0.3, -0.25) is 4.79 Å². The third kappa shape index (κ3) is 2.37. The standard InChI is InChI=1S/C23H18O4/c1-25-17-13-11-16(12-14-17)22-23(27-22)20(24)18-9-5-6-10-19(18)26-21(23)15-7-3-2-4-8-15/h2-14,21-22H,1H3/t21-,22?,23-/m1/s1. The zero-order valence-electron chi connectivity index (χ0n) is 14.8. The molecule has 1 saturated heterocycles. The van der Waals surface area contributed by atoms with E-state index in [2.05, 4.69) is 0 Å². The Kier molecular flexibility index (Phi) is 3.55. The number of hydrogen-bond donors (Lipinski definition) is 0. The Hall–Kier alpha value is -3.11. The lowest BCUT2D eigenvalue weighted by Gasteiger charge is -2.31. The highest BCUT2D eigenvalue weighted by Gasteiger charge is 2.71. The number of carbonyl (C=O) groups excluding carboxylic acids is 1. The van der Waals surface area contributed by atoms with Crippen LogP contribution in [0, 0.1) is 0 Å². The van der Waals surface area contributed by atoms with E-state index in [1.165, 1.54) is 0 Å². The number of methoxy groups -OCH3 is 1. The summed E-state index contributed by atoms with van der Waals surface area (Å²) in [5, 5.41) is 0. The average molecular weight is 358 g/mol. The van der Waals surface area contributed by atoms with Crippen LogP contribution in [0.3, 0.4) is 0 Å². The quantitative estimate of drug-likeness (QED) is 0.646. The third-order valence-corrected chi connectivity index (χ3v) is 5.29. The summed E-state index contributed by atoms with van der Waals surface area (Å²) < 4.78 is 17.7. The van der Waals surface area contributed by atoms with E-state index in [4.69, 9.17) is 14.2 Å². The molecule has 3 aromatic carbocycles. The van der Waals surface area contributed by atoms with Gasteiger partial charge in [0.1, 0.15) is 17.6 Å². The predicted molar refractivity (Wildman–Crippen MR) is 100 cm³/mol. The minimum absolute atomic E-state index is 0.0287. The smallest absolute Gasteiger partial charge is 0.205 e. The molecule has 0 radical (unpaired) electrons. The van der Waals surface area contributed by atoms with Crippen LogP contribution in [0.25, 0.3) is 0 Å². The maximum absolute atomic E-state index is 13.5. The lowest BCUT2D eigenvalue weighted by atomic mass is 9.81. The number of rotatable bonds is 3. The second-order valence-corrected chi connectivity index (χ2v) is 6.80. The van der Waals surface area contributed by atoms with Gasteiger partial charge in [-0.05, 0) is 35.4 Å². The zero-order valence-corrected chi connectivity index (χ0v) is 14.8. The van der Waals surface area contributed by atoms with Crippen molar-refractivity contribution in [3.05, 3.63) is 95.6 Å². The molecule has 2 aliphatic rings. The summed E-state index contributed by atoms with van der Waals surface area (Å²) in [5.74, 6) is 1.34. The number of ketones is 1. The van der Waals surface area contributed by atoms with Crippen molar-refractivity contribution in [1.29, 1.82) is 0 Å². The fraction of sp³-hybridized carbons (Fsp3) is 0.174. The molecule has 2 aliphatic heterocycles. The van der Waals surface area contributed by atoms with E-state index >= 15 is 0 Å². The number of Topliss-reactive ketones (excluding diaryl/α,β-unsaturated/α-hetero) is 1. The van der Waals surface area contributed by atoms with Crippen molar-refractivity contribution in [1.82, 2.24) is 0 Å². The molecule has 27 heavy (non-hydrogen) atoms. The molecule has 0 saturated carbocycles. The highest BCUT2D eigenvalue weighted by Crippen LogP contribution is 2.61. The average Bonchev–Trinajstić information content (AvgIpc) is 3.48. The number of ether oxygens (including phenoxy) is 3. The van der Waals surface area contributed by atoms with Crippen molar-refractivity contribution in [2.45, 2.75) is 17.8 Å². The number of hydrogen-bond acceptors (Lipinski definition) is 4. The van der Waals surface area contributed by atoms with E-state index < -0.39 is 11.7 Å². The molecule has 0 bridgehead atoms. The third-order valence-electron chi connectivity index (χ3n) is 5.29. The molecule has 4 nitrogen and oxygen atoms in total. The van der Waals surface area contributed by atoms with Gasteiger partial charge in [-0.25, -0.2) is 0 Å². The first kappa shape index (κ1) is 16.1. The van der Waals surface area contributed by atoms with E-state index in [-0.39, 0.29) is 11.9 Å². The molecule has 1 spiro atoms. The number of epoxide rings is 1. The molecular weight excluding hydrogens is 340 g/mol. The molecule has 1 unspecified atom stereocenters. The molecule has 4 heteroatoms. The Balaban J connectivity index is 1.60. The first-order valence-electron chi connectivity index (χ1n) is 8.91. The molecule has 5 rings (SSSR count). The maximum Gasteiger partial charge on any atom is 0.205 e. The van der Waals surface area contributed by atoms with Crippen LogP contribution in [0.4, 0.5) is 0 Å². The minimum Gasteiger partial charge on any atom is -0.497 e. The topological polar surface area (TPSA) is 48.1 Å². The monoisotopic (exact) mass is 358 g/mol. The van der Waals surface area contributed by atoms with Gasteiger partial charge in [-0.2, -0.15) is 0 Å². The number of para-hydroxylation sites is 1. The summed E-state index contributed by atoms with van der Waals surface area (Å²) >= 11 is 0. The van der Waals surface area contributed by atoms with Crippen LogP contribution in [-0.2, 0) is 4.74 Å². The summed E-state index contributed by atoms with van der Waals surface area (Å²) in [7, 11) is 1.63. The van der Waals surface area contributed by atoms with Crippen molar-refractivity contribution in [2.24, 2.45) is 0 Å². The first-order valence-corrected chi connectivity index (χ1v) is 8.91. The molecular formula is C23H18O4. The van der Waals surface area contributed by atoms with Gasteiger partial charge < -0.3 is 14.2 Å². The molecule has 3 atom stereocenters. The highest BCUT2D eigenvalue weighted by molar-refractivity contribution is 6.08. The van der Waals surface area contributed by atoms with Crippen LogP contribution in [0.5, 0.6) is 11.5 Å². The Bertz CT molecular complexity index is 996. The normalized spacial score (nSPS) is 25.6. The van der Waals surface area contributed by atoms with Gasteiger partial charge in [0.15, 0.2) is 6.10 Å². The molecule has 0 amide bonds. The molecule has 2 heterocycles. The van der Waals surface area contributed by atoms with Gasteiger partial charge in [0.25, 0.3) is 0 Å². The van der Waals surface area contributed by atoms with Gasteiger partial charge in [0.2, 0.25) is 11.4 Å². The van der Waals surface area contributed by atoms with E-state index in [0.29, 0.717) is 11.3 Å². The second kappa shape index (κ2) is 5.96. The van der Waals surface area contributed by atoms with Crippen molar-refractivity contribution >= 4 is 5.78 Å². The number of fused-ring (bicyclic) bond motifs is 1. The van der Waals surface area contributed by atoms with E-state index in [0.717, 1.165) is 16.9 Å². The summed E-state index contributed by atoms with van der Waals surface area (Å²) in [6.07, 6.45) is -0.845. The Morgan fingerprint density at radius 2 is 1.48 bits per heavy atom. The minimum atomic E-state index is -1.04. The van der Waals surface area contributed by atoms with Crippen molar-refractivity contribution in [3.63, 3.8) is 0 Å².